The van der Waals surface area contributed by atoms with Crippen molar-refractivity contribution in [1.82, 2.24) is 10.2 Å². The van der Waals surface area contributed by atoms with Gasteiger partial charge in [0.25, 0.3) is 0 Å². The second kappa shape index (κ2) is 15.3. The van der Waals surface area contributed by atoms with Crippen molar-refractivity contribution < 1.29 is 9.90 Å². The zero-order valence-corrected chi connectivity index (χ0v) is 22.9. The van der Waals surface area contributed by atoms with Gasteiger partial charge in [-0.25, -0.2) is 0 Å². The molecular formula is C28H46N2O2S2. The molecule has 0 aromatic heterocycles. The molecule has 192 valence electrons. The van der Waals surface area contributed by atoms with Gasteiger partial charge in [-0.2, -0.15) is 0 Å². The summed E-state index contributed by atoms with van der Waals surface area (Å²) in [6.45, 7) is 6.57. The summed E-state index contributed by atoms with van der Waals surface area (Å²) in [5, 5.41) is 14.0. The monoisotopic (exact) mass is 506 g/mol. The third kappa shape index (κ3) is 9.31. The number of nitrogens with zero attached hydrogens (tertiary/aromatic N) is 1. The van der Waals surface area contributed by atoms with Crippen LogP contribution in [-0.4, -0.2) is 53.1 Å². The number of rotatable bonds is 14. The van der Waals surface area contributed by atoms with Gasteiger partial charge in [-0.3, -0.25) is 4.79 Å². The molecule has 6 heteroatoms. The van der Waals surface area contributed by atoms with Gasteiger partial charge >= 0.3 is 0 Å². The Morgan fingerprint density at radius 3 is 2.85 bits per heavy atom. The number of unbranched alkanes of at least 4 members (excludes halogenated alkanes) is 4. The number of carbonyl (C=O) groups excluding carboxylic acids is 1. The third-order valence-corrected chi connectivity index (χ3v) is 10.7. The molecule has 2 aliphatic heterocycles. The number of amides is 1. The molecule has 2 saturated heterocycles. The molecule has 0 radical (unpaired) electrons. The average Bonchev–Trinajstić information content (AvgIpc) is 3.27. The molecule has 1 aromatic rings. The molecule has 1 amide bonds. The molecule has 1 aromatic carbocycles. The van der Waals surface area contributed by atoms with Crippen molar-refractivity contribution in [2.45, 2.75) is 101 Å². The second-order valence-electron chi connectivity index (χ2n) is 10.3. The van der Waals surface area contributed by atoms with Crippen LogP contribution in [0.3, 0.4) is 0 Å². The maximum absolute atomic E-state index is 12.1. The van der Waals surface area contributed by atoms with Gasteiger partial charge in [0.1, 0.15) is 5.75 Å². The number of hydrogen-bond acceptors (Lipinski definition) is 5. The predicted octanol–water partition coefficient (Wildman–Crippen LogP) is 6.92. The van der Waals surface area contributed by atoms with E-state index in [-0.39, 0.29) is 11.3 Å². The quantitative estimate of drug-likeness (QED) is 0.212. The molecule has 0 aliphatic carbocycles. The Morgan fingerprint density at radius 2 is 2.06 bits per heavy atom. The van der Waals surface area contributed by atoms with E-state index in [1.807, 2.05) is 33.7 Å². The Morgan fingerprint density at radius 1 is 1.18 bits per heavy atom. The van der Waals surface area contributed by atoms with Crippen LogP contribution >= 0.6 is 21.6 Å². The maximum Gasteiger partial charge on any atom is 0.219 e. The molecule has 34 heavy (non-hydrogen) atoms. The number of phenols is 1. The van der Waals surface area contributed by atoms with Crippen LogP contribution in [0.25, 0.3) is 0 Å². The molecule has 0 bridgehead atoms. The molecule has 2 atom stereocenters. The van der Waals surface area contributed by atoms with Gasteiger partial charge in [-0.15, -0.1) is 0 Å². The zero-order valence-electron chi connectivity index (χ0n) is 21.2. The van der Waals surface area contributed by atoms with E-state index in [0.29, 0.717) is 12.2 Å². The van der Waals surface area contributed by atoms with E-state index in [9.17, 15) is 9.90 Å². The van der Waals surface area contributed by atoms with E-state index in [4.69, 9.17) is 0 Å². The first kappa shape index (κ1) is 27.7. The molecule has 2 N–H and O–H groups in total. The fourth-order valence-electron chi connectivity index (χ4n) is 5.49. The Bertz CT molecular complexity index is 726. The normalized spacial score (nSPS) is 23.6. The molecule has 4 nitrogen and oxygen atoms in total. The van der Waals surface area contributed by atoms with Gasteiger partial charge in [0, 0.05) is 35.9 Å². The largest absolute Gasteiger partial charge is 0.508 e. The molecule has 0 saturated carbocycles. The van der Waals surface area contributed by atoms with Crippen LogP contribution in [0.5, 0.6) is 5.75 Å². The highest BCUT2D eigenvalue weighted by molar-refractivity contribution is 8.77. The Labute approximate surface area is 215 Å². The Balaban J connectivity index is 1.26. The molecule has 2 heterocycles. The Hall–Kier alpha value is -0.850. The van der Waals surface area contributed by atoms with Gasteiger partial charge in [0.2, 0.25) is 5.91 Å². The number of likely N-dealkylation sites (tertiary alicyclic amines) is 1. The minimum atomic E-state index is 0.161. The summed E-state index contributed by atoms with van der Waals surface area (Å²) in [6.07, 6.45) is 15.1. The molecular weight excluding hydrogens is 460 g/mol. The van der Waals surface area contributed by atoms with Gasteiger partial charge < -0.3 is 15.3 Å². The second-order valence-corrected chi connectivity index (χ2v) is 13.0. The molecule has 1 unspecified atom stereocenters. The predicted molar refractivity (Wildman–Crippen MR) is 149 cm³/mol. The summed E-state index contributed by atoms with van der Waals surface area (Å²) in [5.41, 5.74) is 1.46. The fraction of sp³-hybridized carbons (Fsp3) is 0.750. The van der Waals surface area contributed by atoms with E-state index in [0.717, 1.165) is 44.1 Å². The van der Waals surface area contributed by atoms with Crippen LogP contribution < -0.4 is 5.32 Å². The first-order valence-corrected chi connectivity index (χ1v) is 16.1. The number of aromatic hydroxyl groups is 1. The summed E-state index contributed by atoms with van der Waals surface area (Å²) in [4.78, 5) is 14.7. The smallest absolute Gasteiger partial charge is 0.219 e. The maximum atomic E-state index is 12.1. The highest BCUT2D eigenvalue weighted by atomic mass is 33.1. The highest BCUT2D eigenvalue weighted by Gasteiger charge is 2.34. The summed E-state index contributed by atoms with van der Waals surface area (Å²) in [5.74, 6) is 1.92. The lowest BCUT2D eigenvalue weighted by molar-refractivity contribution is -0.121. The van der Waals surface area contributed by atoms with Gasteiger partial charge in [-0.05, 0) is 82.2 Å². The van der Waals surface area contributed by atoms with Crippen molar-refractivity contribution in [2.75, 3.05) is 31.9 Å². The number of benzene rings is 1. The van der Waals surface area contributed by atoms with Crippen molar-refractivity contribution in [3.63, 3.8) is 0 Å². The molecule has 3 rings (SSSR count). The summed E-state index contributed by atoms with van der Waals surface area (Å²) < 4.78 is 0. The van der Waals surface area contributed by atoms with Crippen LogP contribution in [0.4, 0.5) is 0 Å². The van der Waals surface area contributed by atoms with E-state index < -0.39 is 0 Å². The topological polar surface area (TPSA) is 52.6 Å². The lowest BCUT2D eigenvalue weighted by atomic mass is 9.74. The average molecular weight is 507 g/mol. The first-order chi connectivity index (χ1) is 16.6. The van der Waals surface area contributed by atoms with Gasteiger partial charge in [-0.1, -0.05) is 66.3 Å². The minimum Gasteiger partial charge on any atom is -0.508 e. The van der Waals surface area contributed by atoms with Crippen molar-refractivity contribution in [2.24, 2.45) is 0 Å². The van der Waals surface area contributed by atoms with Crippen LogP contribution in [0.1, 0.15) is 96.0 Å². The number of carbonyl (C=O) groups is 1. The van der Waals surface area contributed by atoms with Crippen LogP contribution in [0, 0.1) is 0 Å². The third-order valence-electron chi connectivity index (χ3n) is 7.67. The zero-order chi connectivity index (χ0) is 24.1. The molecule has 2 aliphatic rings. The van der Waals surface area contributed by atoms with Crippen molar-refractivity contribution >= 4 is 27.5 Å². The van der Waals surface area contributed by atoms with Crippen molar-refractivity contribution in [3.8, 4) is 5.75 Å². The van der Waals surface area contributed by atoms with Crippen LogP contribution in [0.15, 0.2) is 24.3 Å². The van der Waals surface area contributed by atoms with Gasteiger partial charge in [0.05, 0.1) is 0 Å². The van der Waals surface area contributed by atoms with Crippen molar-refractivity contribution in [3.05, 3.63) is 29.8 Å². The summed E-state index contributed by atoms with van der Waals surface area (Å²) in [7, 11) is 4.04. The molecule has 2 fully saturated rings. The lowest BCUT2D eigenvalue weighted by Gasteiger charge is -2.36. The summed E-state index contributed by atoms with van der Waals surface area (Å²) in [6, 6.07) is 7.95. The number of phenolic OH excluding ortho intramolecular Hbond substituents is 1. The minimum absolute atomic E-state index is 0.161. The van der Waals surface area contributed by atoms with Crippen LogP contribution in [-0.2, 0) is 10.2 Å². The van der Waals surface area contributed by atoms with E-state index in [2.05, 4.69) is 23.2 Å². The van der Waals surface area contributed by atoms with E-state index in [1.54, 1.807) is 6.07 Å². The SMILES string of the molecule is CC[C@@]1(c2cccc(O)c2)CCCCN(CCCCCCNC(=O)CCCCC2CCSS2)C1. The van der Waals surface area contributed by atoms with Crippen LogP contribution in [0.2, 0.25) is 0 Å². The fourth-order valence-corrected chi connectivity index (χ4v) is 8.52. The highest BCUT2D eigenvalue weighted by Crippen LogP contribution is 2.40. The van der Waals surface area contributed by atoms with Crippen molar-refractivity contribution in [1.29, 1.82) is 0 Å². The van der Waals surface area contributed by atoms with E-state index >= 15 is 0 Å². The number of nitrogens with one attached hydrogen (secondary N) is 1. The number of hydrogen-bond donors (Lipinski definition) is 2. The summed E-state index contributed by atoms with van der Waals surface area (Å²) >= 11 is 0. The first-order valence-electron chi connectivity index (χ1n) is 13.7. The standard InChI is InChI=1S/C28H46N2O2S2/c1-2-28(24-12-11-13-25(31)22-24)17-7-10-20-30(23-28)19-9-4-3-8-18-29-27(32)15-6-5-14-26-16-21-33-34-26/h11-13,22,26,31H,2-10,14-21,23H2,1H3,(H,29,32)/t26?,28-/m1/s1. The molecule has 0 spiro atoms. The van der Waals surface area contributed by atoms with E-state index in [1.165, 1.54) is 75.6 Å². The lowest BCUT2D eigenvalue weighted by Crippen LogP contribution is -2.39. The van der Waals surface area contributed by atoms with Gasteiger partial charge in [0.15, 0.2) is 0 Å². The Kier molecular flexibility index (Phi) is 12.5.